The molecule has 0 saturated carbocycles. The average Bonchev–Trinajstić information content (AvgIpc) is 3.38. The summed E-state index contributed by atoms with van der Waals surface area (Å²) in [7, 11) is 1.74. The Bertz CT molecular complexity index is 999. The highest BCUT2D eigenvalue weighted by molar-refractivity contribution is 5.97. The number of anilines is 1. The highest BCUT2D eigenvalue weighted by atomic mass is 16.2. The maximum atomic E-state index is 12.4. The van der Waals surface area contributed by atoms with Crippen molar-refractivity contribution < 1.29 is 4.79 Å². The number of rotatable bonds is 6. The number of para-hydroxylation sites is 1. The Morgan fingerprint density at radius 2 is 1.83 bits per heavy atom. The first-order valence-corrected chi connectivity index (χ1v) is 10.1. The molecule has 2 aromatic carbocycles. The number of amides is 1. The molecule has 1 unspecified atom stereocenters. The molecule has 0 bridgehead atoms. The molecule has 2 N–H and O–H groups in total. The van der Waals surface area contributed by atoms with Crippen molar-refractivity contribution in [3.05, 3.63) is 84.2 Å². The van der Waals surface area contributed by atoms with E-state index >= 15 is 0 Å². The maximum Gasteiger partial charge on any atom is 0.229 e. The van der Waals surface area contributed by atoms with E-state index in [0.29, 0.717) is 25.5 Å². The highest BCUT2D eigenvalue weighted by Crippen LogP contribution is 2.20. The van der Waals surface area contributed by atoms with Crippen molar-refractivity contribution in [2.45, 2.75) is 25.6 Å². The fraction of sp³-hybridized carbons (Fsp3) is 0.261. The van der Waals surface area contributed by atoms with Gasteiger partial charge in [-0.1, -0.05) is 48.5 Å². The summed E-state index contributed by atoms with van der Waals surface area (Å²) < 4.78 is 1.93. The van der Waals surface area contributed by atoms with Gasteiger partial charge in [-0.25, -0.2) is 0 Å². The zero-order valence-corrected chi connectivity index (χ0v) is 17.0. The molecule has 1 aromatic heterocycles. The van der Waals surface area contributed by atoms with Gasteiger partial charge in [0.05, 0.1) is 18.8 Å². The van der Waals surface area contributed by atoms with Crippen LogP contribution in [0.2, 0.25) is 0 Å². The van der Waals surface area contributed by atoms with Crippen LogP contribution >= 0.6 is 0 Å². The molecule has 0 radical (unpaired) electrons. The second-order valence-corrected chi connectivity index (χ2v) is 7.34. The van der Waals surface area contributed by atoms with E-state index in [0.717, 1.165) is 17.8 Å². The lowest BCUT2D eigenvalue weighted by Gasteiger charge is -2.18. The molecule has 1 amide bonds. The Balaban J connectivity index is 1.29. The van der Waals surface area contributed by atoms with Crippen LogP contribution in [0, 0.1) is 0 Å². The molecule has 7 heteroatoms. The summed E-state index contributed by atoms with van der Waals surface area (Å²) in [5.41, 5.74) is 3.22. The fourth-order valence-corrected chi connectivity index (χ4v) is 3.59. The van der Waals surface area contributed by atoms with Crippen LogP contribution in [0.1, 0.15) is 17.5 Å². The zero-order chi connectivity index (χ0) is 20.8. The van der Waals surface area contributed by atoms with Crippen molar-refractivity contribution in [2.75, 3.05) is 18.5 Å². The molecular weight excluding hydrogens is 376 g/mol. The SMILES string of the molecule is CN=C(NCc1cnn(Cc2ccccc2)c1)NC1CC(=O)N(c2ccccc2)C1. The number of benzene rings is 2. The maximum absolute atomic E-state index is 12.4. The Labute approximate surface area is 176 Å². The summed E-state index contributed by atoms with van der Waals surface area (Å²) in [5.74, 6) is 0.801. The van der Waals surface area contributed by atoms with Gasteiger partial charge in [0.15, 0.2) is 5.96 Å². The Hall–Kier alpha value is -3.61. The molecule has 4 rings (SSSR count). The standard InChI is InChI=1S/C23H26N6O/c1-24-23(27-20-12-22(30)29(17-20)21-10-6-3-7-11-21)25-13-19-14-26-28(16-19)15-18-8-4-2-5-9-18/h2-11,14,16,20H,12-13,15,17H2,1H3,(H2,24,25,27). The molecule has 1 saturated heterocycles. The number of guanidine groups is 1. The number of nitrogens with zero attached hydrogens (tertiary/aromatic N) is 4. The topological polar surface area (TPSA) is 74.5 Å². The minimum Gasteiger partial charge on any atom is -0.352 e. The van der Waals surface area contributed by atoms with Gasteiger partial charge in [-0.15, -0.1) is 0 Å². The quantitative estimate of drug-likeness (QED) is 0.491. The summed E-state index contributed by atoms with van der Waals surface area (Å²) >= 11 is 0. The molecular formula is C23H26N6O. The lowest BCUT2D eigenvalue weighted by Crippen LogP contribution is -2.44. The average molecular weight is 403 g/mol. The number of carbonyl (C=O) groups is 1. The third kappa shape index (κ3) is 4.86. The Morgan fingerprint density at radius 3 is 2.57 bits per heavy atom. The number of aromatic nitrogens is 2. The lowest BCUT2D eigenvalue weighted by molar-refractivity contribution is -0.117. The first kappa shape index (κ1) is 19.7. The van der Waals surface area contributed by atoms with Gasteiger partial charge >= 0.3 is 0 Å². The highest BCUT2D eigenvalue weighted by Gasteiger charge is 2.31. The summed E-state index contributed by atoms with van der Waals surface area (Å²) in [6.45, 7) is 1.98. The van der Waals surface area contributed by atoms with Crippen molar-refractivity contribution in [3.63, 3.8) is 0 Å². The van der Waals surface area contributed by atoms with Crippen molar-refractivity contribution in [2.24, 2.45) is 4.99 Å². The molecule has 1 aliphatic heterocycles. The van der Waals surface area contributed by atoms with Gasteiger partial charge in [0.25, 0.3) is 0 Å². The summed E-state index contributed by atoms with van der Waals surface area (Å²) in [5, 5.41) is 11.1. The second-order valence-electron chi connectivity index (χ2n) is 7.34. The van der Waals surface area contributed by atoms with Crippen LogP contribution in [-0.2, 0) is 17.9 Å². The van der Waals surface area contributed by atoms with E-state index in [2.05, 4.69) is 32.9 Å². The molecule has 154 valence electrons. The number of nitrogens with one attached hydrogen (secondary N) is 2. The van der Waals surface area contributed by atoms with E-state index in [9.17, 15) is 4.79 Å². The summed E-state index contributed by atoms with van der Waals surface area (Å²) in [6, 6.07) is 20.0. The molecule has 3 aromatic rings. The predicted molar refractivity (Wildman–Crippen MR) is 118 cm³/mol. The summed E-state index contributed by atoms with van der Waals surface area (Å²) in [4.78, 5) is 18.5. The number of hydrogen-bond donors (Lipinski definition) is 2. The Morgan fingerprint density at radius 1 is 1.10 bits per heavy atom. The molecule has 2 heterocycles. The monoisotopic (exact) mass is 402 g/mol. The van der Waals surface area contributed by atoms with Crippen molar-refractivity contribution >= 4 is 17.6 Å². The molecule has 30 heavy (non-hydrogen) atoms. The van der Waals surface area contributed by atoms with E-state index < -0.39 is 0 Å². The zero-order valence-electron chi connectivity index (χ0n) is 17.0. The van der Waals surface area contributed by atoms with Gasteiger partial charge in [-0.2, -0.15) is 5.10 Å². The van der Waals surface area contributed by atoms with Crippen LogP contribution in [0.15, 0.2) is 78.0 Å². The van der Waals surface area contributed by atoms with Gasteiger partial charge in [-0.3, -0.25) is 14.5 Å². The molecule has 0 aliphatic carbocycles. The minimum absolute atomic E-state index is 0.0182. The van der Waals surface area contributed by atoms with Crippen LogP contribution in [-0.4, -0.2) is 41.3 Å². The first-order chi connectivity index (χ1) is 14.7. The van der Waals surface area contributed by atoms with Gasteiger partial charge in [0.2, 0.25) is 5.91 Å². The number of aliphatic imine (C=N–C) groups is 1. The predicted octanol–water partition coefficient (Wildman–Crippen LogP) is 2.40. The van der Waals surface area contributed by atoms with Crippen LogP contribution in [0.3, 0.4) is 0 Å². The summed E-state index contributed by atoms with van der Waals surface area (Å²) in [6.07, 6.45) is 4.34. The van der Waals surface area contributed by atoms with Gasteiger partial charge in [0, 0.05) is 44.0 Å². The van der Waals surface area contributed by atoms with Gasteiger partial charge in [0.1, 0.15) is 0 Å². The third-order valence-corrected chi connectivity index (χ3v) is 5.09. The van der Waals surface area contributed by atoms with Crippen LogP contribution in [0.4, 0.5) is 5.69 Å². The van der Waals surface area contributed by atoms with Crippen molar-refractivity contribution in [1.82, 2.24) is 20.4 Å². The number of hydrogen-bond acceptors (Lipinski definition) is 3. The largest absolute Gasteiger partial charge is 0.352 e. The van der Waals surface area contributed by atoms with Crippen LogP contribution < -0.4 is 15.5 Å². The van der Waals surface area contributed by atoms with Gasteiger partial charge < -0.3 is 15.5 Å². The van der Waals surface area contributed by atoms with Crippen LogP contribution in [0.25, 0.3) is 0 Å². The molecule has 7 nitrogen and oxygen atoms in total. The minimum atomic E-state index is 0.0182. The third-order valence-electron chi connectivity index (χ3n) is 5.09. The molecule has 1 fully saturated rings. The number of carbonyl (C=O) groups excluding carboxylic acids is 1. The second kappa shape index (κ2) is 9.26. The van der Waals surface area contributed by atoms with Crippen molar-refractivity contribution in [3.8, 4) is 0 Å². The van der Waals surface area contributed by atoms with E-state index in [1.807, 2.05) is 70.5 Å². The molecule has 0 spiro atoms. The fourth-order valence-electron chi connectivity index (χ4n) is 3.59. The van der Waals surface area contributed by atoms with E-state index in [1.165, 1.54) is 5.56 Å². The Kier molecular flexibility index (Phi) is 6.08. The lowest BCUT2D eigenvalue weighted by atomic mass is 10.2. The van der Waals surface area contributed by atoms with Crippen molar-refractivity contribution in [1.29, 1.82) is 0 Å². The molecule has 1 aliphatic rings. The smallest absolute Gasteiger partial charge is 0.229 e. The van der Waals surface area contributed by atoms with Gasteiger partial charge in [-0.05, 0) is 17.7 Å². The normalized spacial score (nSPS) is 16.7. The van der Waals surface area contributed by atoms with E-state index in [4.69, 9.17) is 0 Å². The van der Waals surface area contributed by atoms with E-state index in [1.54, 1.807) is 7.05 Å². The molecule has 1 atom stereocenters. The first-order valence-electron chi connectivity index (χ1n) is 10.1. The van der Waals surface area contributed by atoms with E-state index in [-0.39, 0.29) is 11.9 Å². The van der Waals surface area contributed by atoms with Crippen LogP contribution in [0.5, 0.6) is 0 Å².